The summed E-state index contributed by atoms with van der Waals surface area (Å²) < 4.78 is 21.7. The molecule has 6 nitrogen and oxygen atoms in total. The van der Waals surface area contributed by atoms with Crippen LogP contribution in [0.5, 0.6) is 0 Å². The van der Waals surface area contributed by atoms with Crippen molar-refractivity contribution in [2.45, 2.75) is 76.5 Å². The average Bonchev–Trinajstić information content (AvgIpc) is 3.11. The molecular formula is C16H30O6Si. The molecule has 1 saturated heterocycles. The van der Waals surface area contributed by atoms with Crippen LogP contribution in [0.15, 0.2) is 0 Å². The standard InChI is InChI=1S/C16H30O6Si/c1-9-10-11-15(12(17)19-5)16(21-15,13(18)20-6)22-23(7,8)14(2,3)4/h9-11H2,1-8H3/t15-,16-/m0/s1. The monoisotopic (exact) mass is 346 g/mol. The molecular weight excluding hydrogens is 316 g/mol. The van der Waals surface area contributed by atoms with Crippen molar-refractivity contribution in [3.8, 4) is 0 Å². The molecule has 1 rings (SSSR count). The van der Waals surface area contributed by atoms with Crippen molar-refractivity contribution in [1.82, 2.24) is 0 Å². The van der Waals surface area contributed by atoms with Gasteiger partial charge in [0.2, 0.25) is 5.60 Å². The summed E-state index contributed by atoms with van der Waals surface area (Å²) in [6.45, 7) is 12.2. The SMILES string of the molecule is CCCC[C@@]1(C(=O)OC)O[C@]1(O[Si](C)(C)C(C)(C)C)C(=O)OC. The molecule has 0 radical (unpaired) electrons. The van der Waals surface area contributed by atoms with Gasteiger partial charge in [0.05, 0.1) is 14.2 Å². The molecule has 0 bridgehead atoms. The molecule has 0 unspecified atom stereocenters. The van der Waals surface area contributed by atoms with Crippen LogP contribution in [-0.2, 0) is 28.2 Å². The van der Waals surface area contributed by atoms with Crippen LogP contribution in [-0.4, -0.2) is 45.9 Å². The van der Waals surface area contributed by atoms with Crippen LogP contribution in [0.3, 0.4) is 0 Å². The van der Waals surface area contributed by atoms with Gasteiger partial charge in [-0.1, -0.05) is 34.1 Å². The van der Waals surface area contributed by atoms with E-state index in [0.29, 0.717) is 12.8 Å². The Labute approximate surface area is 139 Å². The first-order valence-corrected chi connectivity index (χ1v) is 10.9. The zero-order chi connectivity index (χ0) is 18.1. The summed E-state index contributed by atoms with van der Waals surface area (Å²) in [4.78, 5) is 24.8. The Morgan fingerprint density at radius 3 is 2.00 bits per heavy atom. The highest BCUT2D eigenvalue weighted by Crippen LogP contribution is 2.57. The maximum Gasteiger partial charge on any atom is 0.369 e. The van der Waals surface area contributed by atoms with Crippen molar-refractivity contribution in [3.05, 3.63) is 0 Å². The van der Waals surface area contributed by atoms with Gasteiger partial charge < -0.3 is 18.6 Å². The highest BCUT2D eigenvalue weighted by molar-refractivity contribution is 6.74. The van der Waals surface area contributed by atoms with Crippen molar-refractivity contribution in [3.63, 3.8) is 0 Å². The number of unbranched alkanes of at least 4 members (excludes halogenated alkanes) is 1. The third-order valence-corrected chi connectivity index (χ3v) is 9.27. The van der Waals surface area contributed by atoms with E-state index in [1.165, 1.54) is 14.2 Å². The Morgan fingerprint density at radius 2 is 1.61 bits per heavy atom. The van der Waals surface area contributed by atoms with E-state index in [2.05, 4.69) is 20.8 Å². The summed E-state index contributed by atoms with van der Waals surface area (Å²) in [5.74, 6) is -2.95. The number of ether oxygens (including phenoxy) is 3. The van der Waals surface area contributed by atoms with Crippen LogP contribution in [0, 0.1) is 0 Å². The number of methoxy groups -OCH3 is 2. The van der Waals surface area contributed by atoms with Gasteiger partial charge in [-0.05, 0) is 31.0 Å². The van der Waals surface area contributed by atoms with Gasteiger partial charge in [-0.2, -0.15) is 0 Å². The maximum atomic E-state index is 12.4. The molecule has 1 aliphatic rings. The van der Waals surface area contributed by atoms with Gasteiger partial charge in [0.1, 0.15) is 0 Å². The quantitative estimate of drug-likeness (QED) is 0.401. The molecule has 0 aromatic carbocycles. The summed E-state index contributed by atoms with van der Waals surface area (Å²) in [5.41, 5.74) is -1.40. The van der Waals surface area contributed by atoms with Gasteiger partial charge in [0.15, 0.2) is 8.32 Å². The van der Waals surface area contributed by atoms with Crippen molar-refractivity contribution in [2.75, 3.05) is 14.2 Å². The maximum absolute atomic E-state index is 12.4. The van der Waals surface area contributed by atoms with Crippen LogP contribution in [0.1, 0.15) is 47.0 Å². The molecule has 2 atom stereocenters. The topological polar surface area (TPSA) is 74.4 Å². The smallest absolute Gasteiger partial charge is 0.369 e. The normalized spacial score (nSPS) is 27.5. The molecule has 1 fully saturated rings. The van der Waals surface area contributed by atoms with Crippen LogP contribution in [0.2, 0.25) is 18.1 Å². The Bertz CT molecular complexity index is 470. The second-order valence-electron chi connectivity index (χ2n) is 7.49. The molecule has 0 amide bonds. The van der Waals surface area contributed by atoms with Gasteiger partial charge in [0.25, 0.3) is 0 Å². The summed E-state index contributed by atoms with van der Waals surface area (Å²) >= 11 is 0. The van der Waals surface area contributed by atoms with E-state index in [0.717, 1.165) is 6.42 Å². The van der Waals surface area contributed by atoms with Crippen LogP contribution in [0.4, 0.5) is 0 Å². The summed E-state index contributed by atoms with van der Waals surface area (Å²) in [6.07, 6.45) is 1.94. The van der Waals surface area contributed by atoms with Crippen LogP contribution in [0.25, 0.3) is 0 Å². The molecule has 23 heavy (non-hydrogen) atoms. The van der Waals surface area contributed by atoms with Gasteiger partial charge in [-0.15, -0.1) is 0 Å². The van der Waals surface area contributed by atoms with E-state index in [1.54, 1.807) is 0 Å². The summed E-state index contributed by atoms with van der Waals surface area (Å²) in [6, 6.07) is 0. The largest absolute Gasteiger partial charge is 0.467 e. The van der Waals surface area contributed by atoms with Crippen LogP contribution < -0.4 is 0 Å². The lowest BCUT2D eigenvalue weighted by Gasteiger charge is -2.38. The molecule has 0 N–H and O–H groups in total. The van der Waals surface area contributed by atoms with Crippen LogP contribution >= 0.6 is 0 Å². The summed E-state index contributed by atoms with van der Waals surface area (Å²) in [5, 5.41) is -0.146. The Hall–Kier alpha value is -0.923. The molecule has 0 aromatic rings. The minimum Gasteiger partial charge on any atom is -0.467 e. The fraction of sp³-hybridized carbons (Fsp3) is 0.875. The predicted molar refractivity (Wildman–Crippen MR) is 88.4 cm³/mol. The number of carbonyl (C=O) groups is 2. The number of rotatable bonds is 7. The second-order valence-corrected chi connectivity index (χ2v) is 12.2. The number of esters is 2. The van der Waals surface area contributed by atoms with Crippen molar-refractivity contribution < 1.29 is 28.2 Å². The zero-order valence-electron chi connectivity index (χ0n) is 15.6. The van der Waals surface area contributed by atoms with Crippen molar-refractivity contribution in [2.24, 2.45) is 0 Å². The van der Waals surface area contributed by atoms with E-state index in [-0.39, 0.29) is 5.04 Å². The van der Waals surface area contributed by atoms with E-state index in [9.17, 15) is 9.59 Å². The highest BCUT2D eigenvalue weighted by Gasteiger charge is 2.83. The lowest BCUT2D eigenvalue weighted by molar-refractivity contribution is -0.161. The number of epoxide rings is 1. The fourth-order valence-corrected chi connectivity index (χ4v) is 3.62. The van der Waals surface area contributed by atoms with Gasteiger partial charge >= 0.3 is 17.7 Å². The number of hydrogen-bond donors (Lipinski definition) is 0. The van der Waals surface area contributed by atoms with E-state index < -0.39 is 31.6 Å². The number of carbonyl (C=O) groups excluding carboxylic acids is 2. The third-order valence-electron chi connectivity index (χ3n) is 4.86. The molecule has 0 spiro atoms. The minimum absolute atomic E-state index is 0.146. The fourth-order valence-electron chi connectivity index (χ4n) is 2.30. The Kier molecular flexibility index (Phi) is 5.71. The molecule has 0 saturated carbocycles. The Balaban J connectivity index is 3.26. The molecule has 7 heteroatoms. The van der Waals surface area contributed by atoms with Crippen molar-refractivity contribution >= 4 is 20.3 Å². The van der Waals surface area contributed by atoms with Gasteiger partial charge in [-0.3, -0.25) is 0 Å². The molecule has 1 heterocycles. The number of hydrogen-bond acceptors (Lipinski definition) is 6. The first-order valence-electron chi connectivity index (χ1n) is 8.01. The lowest BCUT2D eigenvalue weighted by Crippen LogP contribution is -2.52. The van der Waals surface area contributed by atoms with Crippen molar-refractivity contribution in [1.29, 1.82) is 0 Å². The highest BCUT2D eigenvalue weighted by atomic mass is 28.4. The minimum atomic E-state index is -2.38. The van der Waals surface area contributed by atoms with Gasteiger partial charge in [-0.25, -0.2) is 9.59 Å². The van der Waals surface area contributed by atoms with E-state index in [4.69, 9.17) is 18.6 Å². The zero-order valence-corrected chi connectivity index (χ0v) is 16.6. The molecule has 0 aliphatic carbocycles. The first kappa shape index (κ1) is 20.1. The lowest BCUT2D eigenvalue weighted by atomic mass is 9.95. The third kappa shape index (κ3) is 3.32. The second kappa shape index (κ2) is 6.53. The molecule has 0 aromatic heterocycles. The van der Waals surface area contributed by atoms with E-state index in [1.807, 2.05) is 20.0 Å². The summed E-state index contributed by atoms with van der Waals surface area (Å²) in [7, 11) is 0.173. The van der Waals surface area contributed by atoms with Gasteiger partial charge in [0, 0.05) is 0 Å². The Morgan fingerprint density at radius 1 is 1.09 bits per heavy atom. The molecule has 134 valence electrons. The molecule has 1 aliphatic heterocycles. The predicted octanol–water partition coefficient (Wildman–Crippen LogP) is 3.01. The first-order chi connectivity index (χ1) is 10.4. The van der Waals surface area contributed by atoms with E-state index >= 15 is 0 Å². The average molecular weight is 346 g/mol.